The summed E-state index contributed by atoms with van der Waals surface area (Å²) < 4.78 is 3.88. The van der Waals surface area contributed by atoms with E-state index in [1.54, 1.807) is 0 Å². The molecule has 1 aromatic heterocycles. The van der Waals surface area contributed by atoms with Crippen molar-refractivity contribution in [3.05, 3.63) is 10.6 Å². The van der Waals surface area contributed by atoms with E-state index in [0.717, 1.165) is 23.9 Å². The quantitative estimate of drug-likeness (QED) is 0.730. The fourth-order valence-corrected chi connectivity index (χ4v) is 2.15. The van der Waals surface area contributed by atoms with Crippen molar-refractivity contribution in [1.82, 2.24) is 9.59 Å². The third-order valence-electron chi connectivity index (χ3n) is 1.29. The van der Waals surface area contributed by atoms with Crippen molar-refractivity contribution in [2.45, 2.75) is 19.8 Å². The maximum atomic E-state index is 4.00. The molecule has 0 saturated carbocycles. The largest absolute Gasteiger partial charge is 0.143 e. The molecule has 0 aliphatic rings. The van der Waals surface area contributed by atoms with Gasteiger partial charge in [0.1, 0.15) is 0 Å². The predicted octanol–water partition coefficient (Wildman–Crippen LogP) is 2.04. The second kappa shape index (κ2) is 4.03. The number of aromatic nitrogens is 2. The number of hydrogen-bond donors (Lipinski definition) is 0. The molecule has 0 aromatic carbocycles. The van der Waals surface area contributed by atoms with Gasteiger partial charge in [-0.25, -0.2) is 0 Å². The molecule has 4 heteroatoms. The van der Waals surface area contributed by atoms with E-state index in [2.05, 4.69) is 32.4 Å². The molecular formula is C6H9BrN2S. The Bertz CT molecular complexity index is 199. The van der Waals surface area contributed by atoms with Crippen molar-refractivity contribution >= 4 is 27.5 Å². The molecule has 0 atom stereocenters. The number of rotatable bonds is 3. The molecule has 0 fully saturated rings. The lowest BCUT2D eigenvalue weighted by Gasteiger charge is -1.91. The number of alkyl halides is 1. The Morgan fingerprint density at radius 2 is 2.40 bits per heavy atom. The number of aryl methyl sites for hydroxylation is 2. The molecule has 10 heavy (non-hydrogen) atoms. The molecule has 0 saturated heterocycles. The zero-order chi connectivity index (χ0) is 7.40. The third-order valence-corrected chi connectivity index (χ3v) is 2.51. The first-order chi connectivity index (χ1) is 4.88. The summed E-state index contributed by atoms with van der Waals surface area (Å²) in [6.07, 6.45) is 2.06. The monoisotopic (exact) mass is 220 g/mol. The minimum atomic E-state index is 0.999. The average molecular weight is 221 g/mol. The molecule has 1 heterocycles. The Morgan fingerprint density at radius 3 is 3.00 bits per heavy atom. The van der Waals surface area contributed by atoms with E-state index in [9.17, 15) is 0 Å². The molecule has 0 unspecified atom stereocenters. The van der Waals surface area contributed by atoms with Crippen molar-refractivity contribution in [1.29, 1.82) is 0 Å². The van der Waals surface area contributed by atoms with Crippen molar-refractivity contribution < 1.29 is 0 Å². The summed E-state index contributed by atoms with van der Waals surface area (Å²) in [7, 11) is 0. The summed E-state index contributed by atoms with van der Waals surface area (Å²) in [5.41, 5.74) is 1.16. The van der Waals surface area contributed by atoms with E-state index in [1.807, 2.05) is 0 Å². The first-order valence-corrected chi connectivity index (χ1v) is 5.14. The predicted molar refractivity (Wildman–Crippen MR) is 46.8 cm³/mol. The minimum absolute atomic E-state index is 0.999. The molecule has 0 amide bonds. The molecule has 0 radical (unpaired) electrons. The van der Waals surface area contributed by atoms with Crippen LogP contribution in [0.3, 0.4) is 0 Å². The van der Waals surface area contributed by atoms with Gasteiger partial charge in [0.25, 0.3) is 0 Å². The Hall–Kier alpha value is 0.0400. The van der Waals surface area contributed by atoms with Crippen LogP contribution in [-0.4, -0.2) is 14.9 Å². The highest BCUT2D eigenvalue weighted by atomic mass is 79.9. The average Bonchev–Trinajstić information content (AvgIpc) is 2.36. The van der Waals surface area contributed by atoms with Gasteiger partial charge in [0.15, 0.2) is 0 Å². The molecule has 0 spiro atoms. The maximum absolute atomic E-state index is 4.00. The Kier molecular flexibility index (Phi) is 3.28. The first-order valence-electron chi connectivity index (χ1n) is 3.24. The molecule has 0 aliphatic heterocycles. The van der Waals surface area contributed by atoms with E-state index in [1.165, 1.54) is 16.4 Å². The molecule has 2 nitrogen and oxygen atoms in total. The number of nitrogens with zero attached hydrogens (tertiary/aromatic N) is 2. The summed E-state index contributed by atoms with van der Waals surface area (Å²) in [6.45, 7) is 2.11. The normalized spacial score (nSPS) is 10.2. The maximum Gasteiger partial charge on any atom is 0.0785 e. The highest BCUT2D eigenvalue weighted by Gasteiger charge is 2.03. The second-order valence-electron chi connectivity index (χ2n) is 1.94. The van der Waals surface area contributed by atoms with Crippen molar-refractivity contribution in [2.24, 2.45) is 0 Å². The van der Waals surface area contributed by atoms with Gasteiger partial charge in [-0.05, 0) is 24.4 Å². The van der Waals surface area contributed by atoms with Gasteiger partial charge >= 0.3 is 0 Å². The van der Waals surface area contributed by atoms with Crippen LogP contribution >= 0.6 is 27.5 Å². The lowest BCUT2D eigenvalue weighted by atomic mass is 10.2. The molecule has 1 aromatic rings. The van der Waals surface area contributed by atoms with Gasteiger partial charge in [0.2, 0.25) is 0 Å². The molecule has 0 bridgehead atoms. The molecule has 0 N–H and O–H groups in total. The fraction of sp³-hybridized carbons (Fsp3) is 0.667. The Balaban J connectivity index is 2.70. The van der Waals surface area contributed by atoms with E-state index in [0.29, 0.717) is 0 Å². The Morgan fingerprint density at radius 1 is 1.60 bits per heavy atom. The number of halogens is 1. The fourth-order valence-electron chi connectivity index (χ4n) is 0.771. The van der Waals surface area contributed by atoms with Gasteiger partial charge in [-0.1, -0.05) is 27.3 Å². The highest BCUT2D eigenvalue weighted by Crippen LogP contribution is 2.12. The van der Waals surface area contributed by atoms with Crippen LogP contribution in [-0.2, 0) is 12.8 Å². The summed E-state index contributed by atoms with van der Waals surface area (Å²) in [5, 5.41) is 5.00. The van der Waals surface area contributed by atoms with Crippen LogP contribution in [0.5, 0.6) is 0 Å². The molecule has 56 valence electrons. The SMILES string of the molecule is CCc1nnsc1CCBr. The highest BCUT2D eigenvalue weighted by molar-refractivity contribution is 9.09. The smallest absolute Gasteiger partial charge is 0.0785 e. The Labute approximate surface area is 72.9 Å². The summed E-state index contributed by atoms with van der Waals surface area (Å²) in [6, 6.07) is 0. The van der Waals surface area contributed by atoms with Gasteiger partial charge in [-0.3, -0.25) is 0 Å². The summed E-state index contributed by atoms with van der Waals surface area (Å²) >= 11 is 4.89. The van der Waals surface area contributed by atoms with E-state index in [-0.39, 0.29) is 0 Å². The van der Waals surface area contributed by atoms with Crippen molar-refractivity contribution in [3.63, 3.8) is 0 Å². The van der Waals surface area contributed by atoms with Crippen LogP contribution in [0.4, 0.5) is 0 Å². The second-order valence-corrected chi connectivity index (χ2v) is 3.57. The van der Waals surface area contributed by atoms with Gasteiger partial charge < -0.3 is 0 Å². The topological polar surface area (TPSA) is 25.8 Å². The molecular weight excluding hydrogens is 212 g/mol. The molecule has 0 aliphatic carbocycles. The minimum Gasteiger partial charge on any atom is -0.143 e. The van der Waals surface area contributed by atoms with Crippen LogP contribution in [0, 0.1) is 0 Å². The summed E-state index contributed by atoms with van der Waals surface area (Å²) in [5.74, 6) is 0. The lowest BCUT2D eigenvalue weighted by Crippen LogP contribution is -1.88. The zero-order valence-corrected chi connectivity index (χ0v) is 8.20. The molecule has 1 rings (SSSR count). The van der Waals surface area contributed by atoms with Crippen molar-refractivity contribution in [2.75, 3.05) is 5.33 Å². The first kappa shape index (κ1) is 8.14. The van der Waals surface area contributed by atoms with Crippen LogP contribution < -0.4 is 0 Å². The van der Waals surface area contributed by atoms with Crippen LogP contribution in [0.25, 0.3) is 0 Å². The van der Waals surface area contributed by atoms with E-state index in [4.69, 9.17) is 0 Å². The van der Waals surface area contributed by atoms with Gasteiger partial charge in [0.05, 0.1) is 5.69 Å². The van der Waals surface area contributed by atoms with E-state index < -0.39 is 0 Å². The third kappa shape index (κ3) is 1.76. The van der Waals surface area contributed by atoms with Gasteiger partial charge in [0, 0.05) is 10.2 Å². The van der Waals surface area contributed by atoms with Crippen LogP contribution in [0.2, 0.25) is 0 Å². The van der Waals surface area contributed by atoms with E-state index >= 15 is 0 Å². The zero-order valence-electron chi connectivity index (χ0n) is 5.80. The lowest BCUT2D eigenvalue weighted by molar-refractivity contribution is 0.962. The van der Waals surface area contributed by atoms with Crippen LogP contribution in [0.1, 0.15) is 17.5 Å². The van der Waals surface area contributed by atoms with Gasteiger partial charge in [-0.15, -0.1) is 5.10 Å². The standard InChI is InChI=1S/C6H9BrN2S/c1-2-5-6(3-4-7)10-9-8-5/h2-4H2,1H3. The number of hydrogen-bond acceptors (Lipinski definition) is 3. The van der Waals surface area contributed by atoms with Gasteiger partial charge in [-0.2, -0.15) is 0 Å². The van der Waals surface area contributed by atoms with Crippen molar-refractivity contribution in [3.8, 4) is 0 Å². The van der Waals surface area contributed by atoms with Crippen LogP contribution in [0.15, 0.2) is 0 Å². The summed E-state index contributed by atoms with van der Waals surface area (Å²) in [4.78, 5) is 1.32.